The number of carbonyl (C=O) groups excluding carboxylic acids is 1. The van der Waals surface area contributed by atoms with Gasteiger partial charge in [0, 0.05) is 19.5 Å². The third-order valence-electron chi connectivity index (χ3n) is 3.95. The van der Waals surface area contributed by atoms with Gasteiger partial charge in [-0.15, -0.1) is 0 Å². The molecule has 27 heavy (non-hydrogen) atoms. The molecule has 0 aliphatic heterocycles. The molecule has 2 rings (SSSR count). The molecule has 1 amide bonds. The van der Waals surface area contributed by atoms with Gasteiger partial charge in [0.05, 0.1) is 18.0 Å². The van der Waals surface area contributed by atoms with Gasteiger partial charge in [0.25, 0.3) is 0 Å². The van der Waals surface area contributed by atoms with Crippen LogP contribution in [0.3, 0.4) is 0 Å². The third-order valence-corrected chi connectivity index (χ3v) is 3.95. The Morgan fingerprint density at radius 1 is 1.41 bits per heavy atom. The van der Waals surface area contributed by atoms with Crippen LogP contribution in [0.5, 0.6) is 5.75 Å². The first-order valence-electron chi connectivity index (χ1n) is 8.19. The maximum Gasteiger partial charge on any atom is 0.308 e. The van der Waals surface area contributed by atoms with Crippen LogP contribution in [0, 0.1) is 16.0 Å². The van der Waals surface area contributed by atoms with E-state index in [2.05, 4.69) is 10.4 Å². The van der Waals surface area contributed by atoms with Gasteiger partial charge in [0.15, 0.2) is 0 Å². The molecule has 0 spiro atoms. The summed E-state index contributed by atoms with van der Waals surface area (Å²) in [5.41, 5.74) is 0.587. The highest BCUT2D eigenvalue weighted by molar-refractivity contribution is 5.77. The van der Waals surface area contributed by atoms with E-state index < -0.39 is 16.8 Å². The number of aromatic nitrogens is 2. The van der Waals surface area contributed by atoms with E-state index in [1.165, 1.54) is 18.0 Å². The molecule has 2 N–H and O–H groups in total. The molecule has 10 nitrogen and oxygen atoms in total. The summed E-state index contributed by atoms with van der Waals surface area (Å²) in [6.45, 7) is 0.120. The molecule has 0 aliphatic rings. The Labute approximate surface area is 154 Å². The highest BCUT2D eigenvalue weighted by atomic mass is 16.6. The Balaban J connectivity index is 1.86. The van der Waals surface area contributed by atoms with Gasteiger partial charge in [-0.3, -0.25) is 24.4 Å². The number of amides is 1. The number of carbonyl (C=O) groups is 2. The Kier molecular flexibility index (Phi) is 6.86. The lowest BCUT2D eigenvalue weighted by atomic mass is 9.98. The number of carboxylic acid groups (broad SMARTS) is 1. The van der Waals surface area contributed by atoms with Crippen molar-refractivity contribution in [2.75, 3.05) is 13.7 Å². The van der Waals surface area contributed by atoms with Crippen LogP contribution in [0.2, 0.25) is 0 Å². The number of ether oxygens (including phenoxy) is 1. The van der Waals surface area contributed by atoms with Crippen LogP contribution < -0.4 is 10.1 Å². The molecule has 1 aromatic heterocycles. The minimum Gasteiger partial charge on any atom is -0.496 e. The van der Waals surface area contributed by atoms with E-state index in [9.17, 15) is 24.8 Å². The van der Waals surface area contributed by atoms with Crippen LogP contribution in [0.15, 0.2) is 36.7 Å². The number of hydrogen-bond donors (Lipinski definition) is 2. The molecule has 0 radical (unpaired) electrons. The molecule has 0 fully saturated rings. The molecule has 1 heterocycles. The van der Waals surface area contributed by atoms with Gasteiger partial charge in [-0.25, -0.2) is 0 Å². The monoisotopic (exact) mass is 376 g/mol. The molecule has 0 saturated carbocycles. The van der Waals surface area contributed by atoms with Crippen LogP contribution in [0.4, 0.5) is 5.69 Å². The molecule has 1 atom stereocenters. The van der Waals surface area contributed by atoms with Gasteiger partial charge in [0.2, 0.25) is 5.91 Å². The summed E-state index contributed by atoms with van der Waals surface area (Å²) in [5.74, 6) is -1.60. The zero-order valence-corrected chi connectivity index (χ0v) is 14.7. The quantitative estimate of drug-likeness (QED) is 0.470. The summed E-state index contributed by atoms with van der Waals surface area (Å²) in [7, 11) is 1.51. The average molecular weight is 376 g/mol. The fourth-order valence-electron chi connectivity index (χ4n) is 2.49. The van der Waals surface area contributed by atoms with Crippen molar-refractivity contribution in [2.24, 2.45) is 5.92 Å². The third kappa shape index (κ3) is 5.80. The minimum atomic E-state index is -1.02. The number of nitrogens with one attached hydrogen (secondary N) is 1. The number of rotatable bonds is 10. The zero-order valence-electron chi connectivity index (χ0n) is 14.7. The van der Waals surface area contributed by atoms with E-state index in [4.69, 9.17) is 4.74 Å². The maximum absolute atomic E-state index is 12.0. The first kappa shape index (κ1) is 19.9. The van der Waals surface area contributed by atoms with E-state index in [1.807, 2.05) is 0 Å². The summed E-state index contributed by atoms with van der Waals surface area (Å²) in [6, 6.07) is 7.11. The number of nitrogens with zero attached hydrogens (tertiary/aromatic N) is 3. The molecule has 1 aromatic carbocycles. The Bertz CT molecular complexity index is 819. The molecule has 0 aliphatic carbocycles. The molecule has 0 bridgehead atoms. The number of carboxylic acids is 1. The second kappa shape index (κ2) is 9.32. The van der Waals surface area contributed by atoms with Crippen molar-refractivity contribution in [3.63, 3.8) is 0 Å². The number of aryl methyl sites for hydroxylation is 1. The van der Waals surface area contributed by atoms with Crippen molar-refractivity contribution in [3.05, 3.63) is 52.3 Å². The molecule has 2 aromatic rings. The standard InChI is InChI=1S/C17H20N4O6/c1-27-15-5-3-2-4-12(15)8-13(17(23)24)9-18-16(22)6-7-20-11-14(10-19-20)21(25)26/h2-5,10-11,13H,6-9H2,1H3,(H,18,22)(H,23,24). The van der Waals surface area contributed by atoms with Crippen LogP contribution in [-0.4, -0.2) is 45.3 Å². The van der Waals surface area contributed by atoms with Gasteiger partial charge in [0.1, 0.15) is 18.1 Å². The Morgan fingerprint density at radius 2 is 2.15 bits per heavy atom. The molecular formula is C17H20N4O6. The summed E-state index contributed by atoms with van der Waals surface area (Å²) in [5, 5.41) is 26.4. The second-order valence-corrected chi connectivity index (χ2v) is 5.82. The van der Waals surface area contributed by atoms with E-state index in [0.29, 0.717) is 5.75 Å². The zero-order chi connectivity index (χ0) is 19.8. The van der Waals surface area contributed by atoms with Crippen LogP contribution in [0.1, 0.15) is 12.0 Å². The van der Waals surface area contributed by atoms with E-state index in [1.54, 1.807) is 24.3 Å². The number of nitro groups is 1. The summed E-state index contributed by atoms with van der Waals surface area (Å²) in [4.78, 5) is 33.5. The van der Waals surface area contributed by atoms with E-state index in [-0.39, 0.29) is 37.5 Å². The SMILES string of the molecule is COc1ccccc1CC(CNC(=O)CCn1cc([N+](=O)[O-])cn1)C(=O)O. The van der Waals surface area contributed by atoms with Crippen LogP contribution in [0.25, 0.3) is 0 Å². The summed E-state index contributed by atoms with van der Waals surface area (Å²) >= 11 is 0. The maximum atomic E-state index is 12.0. The van der Waals surface area contributed by atoms with Gasteiger partial charge in [-0.1, -0.05) is 18.2 Å². The Hall–Kier alpha value is -3.43. The molecular weight excluding hydrogens is 356 g/mol. The molecule has 0 saturated heterocycles. The highest BCUT2D eigenvalue weighted by Gasteiger charge is 2.20. The van der Waals surface area contributed by atoms with Crippen molar-refractivity contribution in [1.29, 1.82) is 0 Å². The number of para-hydroxylation sites is 1. The summed E-state index contributed by atoms with van der Waals surface area (Å²) < 4.78 is 6.51. The van der Waals surface area contributed by atoms with Crippen molar-refractivity contribution in [1.82, 2.24) is 15.1 Å². The van der Waals surface area contributed by atoms with Gasteiger partial charge >= 0.3 is 11.7 Å². The van der Waals surface area contributed by atoms with Crippen molar-refractivity contribution < 1.29 is 24.4 Å². The largest absolute Gasteiger partial charge is 0.496 e. The van der Waals surface area contributed by atoms with Crippen molar-refractivity contribution in [2.45, 2.75) is 19.4 Å². The lowest BCUT2D eigenvalue weighted by Crippen LogP contribution is -2.34. The second-order valence-electron chi connectivity index (χ2n) is 5.82. The number of benzene rings is 1. The van der Waals surface area contributed by atoms with Crippen molar-refractivity contribution >= 4 is 17.6 Å². The smallest absolute Gasteiger partial charge is 0.308 e. The van der Waals surface area contributed by atoms with Crippen LogP contribution in [-0.2, 0) is 22.6 Å². The van der Waals surface area contributed by atoms with Gasteiger partial charge in [-0.05, 0) is 18.1 Å². The normalized spacial score (nSPS) is 11.6. The molecule has 10 heteroatoms. The van der Waals surface area contributed by atoms with Gasteiger partial charge < -0.3 is 15.2 Å². The number of aliphatic carboxylic acids is 1. The predicted molar refractivity (Wildman–Crippen MR) is 94.3 cm³/mol. The van der Waals surface area contributed by atoms with E-state index >= 15 is 0 Å². The average Bonchev–Trinajstić information content (AvgIpc) is 3.13. The number of methoxy groups -OCH3 is 1. The lowest BCUT2D eigenvalue weighted by molar-refractivity contribution is -0.385. The summed E-state index contributed by atoms with van der Waals surface area (Å²) in [6.07, 6.45) is 2.57. The highest BCUT2D eigenvalue weighted by Crippen LogP contribution is 2.21. The topological polar surface area (TPSA) is 137 Å². The fraction of sp³-hybridized carbons (Fsp3) is 0.353. The first-order valence-corrected chi connectivity index (χ1v) is 8.19. The van der Waals surface area contributed by atoms with Gasteiger partial charge in [-0.2, -0.15) is 5.10 Å². The first-order chi connectivity index (χ1) is 12.9. The number of hydrogen-bond acceptors (Lipinski definition) is 6. The lowest BCUT2D eigenvalue weighted by Gasteiger charge is -2.15. The van der Waals surface area contributed by atoms with Crippen molar-refractivity contribution in [3.8, 4) is 5.75 Å². The molecule has 1 unspecified atom stereocenters. The molecule has 144 valence electrons. The van der Waals surface area contributed by atoms with E-state index in [0.717, 1.165) is 11.8 Å². The Morgan fingerprint density at radius 3 is 2.78 bits per heavy atom. The predicted octanol–water partition coefficient (Wildman–Crippen LogP) is 1.25. The van der Waals surface area contributed by atoms with Crippen LogP contribution >= 0.6 is 0 Å². The minimum absolute atomic E-state index is 0.0276. The fourth-order valence-corrected chi connectivity index (χ4v) is 2.49.